The van der Waals surface area contributed by atoms with Crippen LogP contribution < -0.4 is 10.5 Å². The van der Waals surface area contributed by atoms with Gasteiger partial charge in [-0.25, -0.2) is 0 Å². The van der Waals surface area contributed by atoms with E-state index in [9.17, 15) is 5.11 Å². The molecule has 4 nitrogen and oxygen atoms in total. The van der Waals surface area contributed by atoms with Crippen LogP contribution in [0.2, 0.25) is 0 Å². The summed E-state index contributed by atoms with van der Waals surface area (Å²) in [6.07, 6.45) is 3.20. The molecule has 1 aromatic heterocycles. The molecule has 4 heteroatoms. The van der Waals surface area contributed by atoms with Gasteiger partial charge in [-0.2, -0.15) is 0 Å². The molecule has 1 rings (SSSR count). The third-order valence-corrected chi connectivity index (χ3v) is 1.79. The second-order valence-electron chi connectivity index (χ2n) is 2.75. The minimum atomic E-state index is -0.549. The smallest absolute Gasteiger partial charge is 0.137 e. The van der Waals surface area contributed by atoms with Crippen molar-refractivity contribution in [2.75, 3.05) is 13.7 Å². The Labute approximate surface area is 77.4 Å². The van der Waals surface area contributed by atoms with E-state index in [2.05, 4.69) is 4.98 Å². The zero-order chi connectivity index (χ0) is 9.68. The van der Waals surface area contributed by atoms with Crippen molar-refractivity contribution in [3.05, 3.63) is 24.0 Å². The Hall–Kier alpha value is -1.13. The van der Waals surface area contributed by atoms with Gasteiger partial charge < -0.3 is 15.6 Å². The zero-order valence-corrected chi connectivity index (χ0v) is 7.60. The number of nitrogens with zero attached hydrogens (tertiary/aromatic N) is 1. The normalized spacial score (nSPS) is 12.5. The third kappa shape index (κ3) is 2.68. The number of rotatable bonds is 4. The number of hydrogen-bond donors (Lipinski definition) is 2. The molecule has 0 amide bonds. The van der Waals surface area contributed by atoms with Crippen LogP contribution in [-0.2, 0) is 0 Å². The molecule has 72 valence electrons. The standard InChI is InChI=1S/C9H14N2O2/c1-13-8-4-7(5-11-6-8)9(12)2-3-10/h4-6,9,12H,2-3,10H2,1H3. The molecule has 0 aliphatic heterocycles. The summed E-state index contributed by atoms with van der Waals surface area (Å²) in [5.41, 5.74) is 6.07. The maximum absolute atomic E-state index is 9.56. The van der Waals surface area contributed by atoms with Crippen molar-refractivity contribution in [2.45, 2.75) is 12.5 Å². The molecule has 0 radical (unpaired) electrons. The van der Waals surface area contributed by atoms with Crippen LogP contribution in [0.4, 0.5) is 0 Å². The van der Waals surface area contributed by atoms with Crippen LogP contribution in [0.15, 0.2) is 18.5 Å². The number of pyridine rings is 1. The molecule has 3 N–H and O–H groups in total. The Morgan fingerprint density at radius 3 is 3.00 bits per heavy atom. The molecule has 1 atom stereocenters. The van der Waals surface area contributed by atoms with Gasteiger partial charge >= 0.3 is 0 Å². The predicted molar refractivity (Wildman–Crippen MR) is 49.4 cm³/mol. The van der Waals surface area contributed by atoms with Gasteiger partial charge in [0.2, 0.25) is 0 Å². The van der Waals surface area contributed by atoms with E-state index >= 15 is 0 Å². The monoisotopic (exact) mass is 182 g/mol. The lowest BCUT2D eigenvalue weighted by Crippen LogP contribution is -2.07. The fourth-order valence-electron chi connectivity index (χ4n) is 1.05. The summed E-state index contributed by atoms with van der Waals surface area (Å²) in [6.45, 7) is 0.457. The minimum absolute atomic E-state index is 0.457. The summed E-state index contributed by atoms with van der Waals surface area (Å²) < 4.78 is 4.98. The molecule has 0 spiro atoms. The van der Waals surface area contributed by atoms with Crippen LogP contribution in [0, 0.1) is 0 Å². The molecule has 0 aliphatic rings. The van der Waals surface area contributed by atoms with Crippen molar-refractivity contribution >= 4 is 0 Å². The van der Waals surface area contributed by atoms with Gasteiger partial charge in [-0.3, -0.25) is 4.98 Å². The van der Waals surface area contributed by atoms with Gasteiger partial charge in [0, 0.05) is 11.8 Å². The number of methoxy groups -OCH3 is 1. The number of nitrogens with two attached hydrogens (primary N) is 1. The lowest BCUT2D eigenvalue weighted by molar-refractivity contribution is 0.169. The van der Waals surface area contributed by atoms with E-state index in [1.807, 2.05) is 0 Å². The molecule has 0 aliphatic carbocycles. The molecule has 1 heterocycles. The van der Waals surface area contributed by atoms with Gasteiger partial charge in [0.25, 0.3) is 0 Å². The largest absolute Gasteiger partial charge is 0.495 e. The summed E-state index contributed by atoms with van der Waals surface area (Å²) in [7, 11) is 1.57. The SMILES string of the molecule is COc1cncc(C(O)CCN)c1. The molecule has 0 bridgehead atoms. The molecule has 0 saturated carbocycles. The molecular formula is C9H14N2O2. The van der Waals surface area contributed by atoms with Crippen molar-refractivity contribution in [2.24, 2.45) is 5.73 Å². The Kier molecular flexibility index (Phi) is 3.67. The maximum Gasteiger partial charge on any atom is 0.137 e. The summed E-state index contributed by atoms with van der Waals surface area (Å²) in [5, 5.41) is 9.56. The van der Waals surface area contributed by atoms with Crippen molar-refractivity contribution in [1.29, 1.82) is 0 Å². The highest BCUT2D eigenvalue weighted by atomic mass is 16.5. The number of aliphatic hydroxyl groups is 1. The van der Waals surface area contributed by atoms with Crippen LogP contribution >= 0.6 is 0 Å². The number of ether oxygens (including phenoxy) is 1. The van der Waals surface area contributed by atoms with E-state index in [1.165, 1.54) is 0 Å². The minimum Gasteiger partial charge on any atom is -0.495 e. The Morgan fingerprint density at radius 2 is 2.38 bits per heavy atom. The highest BCUT2D eigenvalue weighted by Crippen LogP contribution is 2.19. The number of aliphatic hydroxyl groups excluding tert-OH is 1. The zero-order valence-electron chi connectivity index (χ0n) is 7.60. The van der Waals surface area contributed by atoms with Gasteiger partial charge in [0.15, 0.2) is 0 Å². The van der Waals surface area contributed by atoms with Crippen LogP contribution in [0.3, 0.4) is 0 Å². The van der Waals surface area contributed by atoms with Crippen LogP contribution in [-0.4, -0.2) is 23.7 Å². The lowest BCUT2D eigenvalue weighted by Gasteiger charge is -2.09. The molecule has 0 aromatic carbocycles. The highest BCUT2D eigenvalue weighted by Gasteiger charge is 2.07. The average molecular weight is 182 g/mol. The van der Waals surface area contributed by atoms with Gasteiger partial charge in [-0.05, 0) is 19.0 Å². The third-order valence-electron chi connectivity index (χ3n) is 1.79. The second-order valence-corrected chi connectivity index (χ2v) is 2.75. The van der Waals surface area contributed by atoms with E-state index < -0.39 is 6.10 Å². The fraction of sp³-hybridized carbons (Fsp3) is 0.444. The summed E-state index contributed by atoms with van der Waals surface area (Å²) in [5.74, 6) is 0.647. The van der Waals surface area contributed by atoms with Crippen LogP contribution in [0.25, 0.3) is 0 Å². The molecular weight excluding hydrogens is 168 g/mol. The van der Waals surface area contributed by atoms with Crippen molar-refractivity contribution in [1.82, 2.24) is 4.98 Å². The predicted octanol–water partition coefficient (Wildman–Crippen LogP) is 0.472. The van der Waals surface area contributed by atoms with Gasteiger partial charge in [-0.15, -0.1) is 0 Å². The first-order chi connectivity index (χ1) is 6.27. The van der Waals surface area contributed by atoms with Gasteiger partial charge in [0.1, 0.15) is 5.75 Å². The molecule has 1 aromatic rings. The first-order valence-electron chi connectivity index (χ1n) is 4.15. The van der Waals surface area contributed by atoms with E-state index in [1.54, 1.807) is 25.6 Å². The van der Waals surface area contributed by atoms with Crippen LogP contribution in [0.5, 0.6) is 5.75 Å². The van der Waals surface area contributed by atoms with Gasteiger partial charge in [0.05, 0.1) is 19.4 Å². The maximum atomic E-state index is 9.56. The Morgan fingerprint density at radius 1 is 1.62 bits per heavy atom. The number of aromatic nitrogens is 1. The molecule has 1 unspecified atom stereocenters. The van der Waals surface area contributed by atoms with Crippen molar-refractivity contribution in [3.8, 4) is 5.75 Å². The molecule has 13 heavy (non-hydrogen) atoms. The van der Waals surface area contributed by atoms with E-state index in [-0.39, 0.29) is 0 Å². The van der Waals surface area contributed by atoms with Gasteiger partial charge in [-0.1, -0.05) is 0 Å². The average Bonchev–Trinajstić information content (AvgIpc) is 2.18. The first-order valence-corrected chi connectivity index (χ1v) is 4.15. The van der Waals surface area contributed by atoms with E-state index in [0.29, 0.717) is 18.7 Å². The number of hydrogen-bond acceptors (Lipinski definition) is 4. The van der Waals surface area contributed by atoms with Crippen molar-refractivity contribution in [3.63, 3.8) is 0 Å². The topological polar surface area (TPSA) is 68.4 Å². The van der Waals surface area contributed by atoms with Crippen molar-refractivity contribution < 1.29 is 9.84 Å². The quantitative estimate of drug-likeness (QED) is 0.710. The highest BCUT2D eigenvalue weighted by molar-refractivity contribution is 5.24. The summed E-state index contributed by atoms with van der Waals surface area (Å²) in [4.78, 5) is 3.93. The van der Waals surface area contributed by atoms with Crippen LogP contribution in [0.1, 0.15) is 18.1 Å². The summed E-state index contributed by atoms with van der Waals surface area (Å²) in [6, 6.07) is 1.76. The Bertz CT molecular complexity index is 266. The van der Waals surface area contributed by atoms with E-state index in [4.69, 9.17) is 10.5 Å². The Balaban J connectivity index is 2.75. The fourth-order valence-corrected chi connectivity index (χ4v) is 1.05. The molecule has 0 saturated heterocycles. The lowest BCUT2D eigenvalue weighted by atomic mass is 10.1. The summed E-state index contributed by atoms with van der Waals surface area (Å²) >= 11 is 0. The van der Waals surface area contributed by atoms with E-state index in [0.717, 1.165) is 5.56 Å². The second kappa shape index (κ2) is 4.79. The first kappa shape index (κ1) is 9.95. The molecule has 0 fully saturated rings.